The van der Waals surface area contributed by atoms with Crippen molar-refractivity contribution in [1.82, 2.24) is 0 Å². The summed E-state index contributed by atoms with van der Waals surface area (Å²) >= 11 is 9.04. The SMILES string of the molecule is O=C(O)/C=C/c1ccc(Br)c(Cl)c1. The number of carbonyl (C=O) groups is 1. The molecule has 1 N–H and O–H groups in total. The first-order valence-electron chi connectivity index (χ1n) is 3.45. The van der Waals surface area contributed by atoms with E-state index in [9.17, 15) is 4.79 Å². The van der Waals surface area contributed by atoms with Gasteiger partial charge in [-0.3, -0.25) is 0 Å². The van der Waals surface area contributed by atoms with E-state index in [0.717, 1.165) is 16.1 Å². The molecule has 0 aromatic heterocycles. The highest BCUT2D eigenvalue weighted by molar-refractivity contribution is 9.10. The van der Waals surface area contributed by atoms with Gasteiger partial charge >= 0.3 is 5.97 Å². The molecule has 0 saturated heterocycles. The summed E-state index contributed by atoms with van der Waals surface area (Å²) < 4.78 is 0.793. The van der Waals surface area contributed by atoms with Gasteiger partial charge in [-0.15, -0.1) is 0 Å². The molecule has 0 spiro atoms. The lowest BCUT2D eigenvalue weighted by atomic mass is 10.2. The lowest BCUT2D eigenvalue weighted by Crippen LogP contribution is -1.85. The molecule has 0 aliphatic heterocycles. The van der Waals surface area contributed by atoms with E-state index in [1.54, 1.807) is 18.2 Å². The summed E-state index contributed by atoms with van der Waals surface area (Å²) in [5.74, 6) is -0.973. The summed E-state index contributed by atoms with van der Waals surface area (Å²) in [5.41, 5.74) is 0.760. The van der Waals surface area contributed by atoms with E-state index in [1.807, 2.05) is 0 Å². The maximum atomic E-state index is 10.2. The molecule has 0 unspecified atom stereocenters. The van der Waals surface area contributed by atoms with Crippen molar-refractivity contribution < 1.29 is 9.90 Å². The molecule has 1 rings (SSSR count). The van der Waals surface area contributed by atoms with Crippen molar-refractivity contribution in [3.8, 4) is 0 Å². The second-order valence-corrected chi connectivity index (χ2v) is 3.61. The van der Waals surface area contributed by atoms with Crippen molar-refractivity contribution >= 4 is 39.6 Å². The van der Waals surface area contributed by atoms with Crippen LogP contribution in [0.1, 0.15) is 5.56 Å². The Morgan fingerprint density at radius 1 is 1.54 bits per heavy atom. The Kier molecular flexibility index (Phi) is 3.51. The maximum Gasteiger partial charge on any atom is 0.328 e. The van der Waals surface area contributed by atoms with Gasteiger partial charge in [0.1, 0.15) is 0 Å². The molecule has 0 aliphatic rings. The third-order valence-corrected chi connectivity index (χ3v) is 2.59. The molecule has 0 fully saturated rings. The minimum absolute atomic E-state index is 0.563. The monoisotopic (exact) mass is 260 g/mol. The smallest absolute Gasteiger partial charge is 0.328 e. The second kappa shape index (κ2) is 4.44. The van der Waals surface area contributed by atoms with Gasteiger partial charge in [0.15, 0.2) is 0 Å². The summed E-state index contributed by atoms with van der Waals surface area (Å²) in [7, 11) is 0. The van der Waals surface area contributed by atoms with E-state index < -0.39 is 5.97 Å². The molecule has 0 bridgehead atoms. The van der Waals surface area contributed by atoms with Crippen LogP contribution in [0.2, 0.25) is 5.02 Å². The van der Waals surface area contributed by atoms with E-state index in [2.05, 4.69) is 15.9 Å². The Balaban J connectivity index is 2.92. The Morgan fingerprint density at radius 2 is 2.23 bits per heavy atom. The average Bonchev–Trinajstić information content (AvgIpc) is 2.07. The van der Waals surface area contributed by atoms with Crippen LogP contribution >= 0.6 is 27.5 Å². The third-order valence-electron chi connectivity index (χ3n) is 1.36. The Hall–Kier alpha value is -0.800. The minimum atomic E-state index is -0.973. The van der Waals surface area contributed by atoms with Crippen LogP contribution in [-0.2, 0) is 4.79 Å². The van der Waals surface area contributed by atoms with Crippen molar-refractivity contribution in [3.05, 3.63) is 39.3 Å². The molecular formula is C9H6BrClO2. The van der Waals surface area contributed by atoms with Crippen molar-refractivity contribution in [3.63, 3.8) is 0 Å². The highest BCUT2D eigenvalue weighted by atomic mass is 79.9. The molecule has 0 amide bonds. The minimum Gasteiger partial charge on any atom is -0.478 e. The molecule has 1 aromatic rings. The molecule has 4 heteroatoms. The quantitative estimate of drug-likeness (QED) is 0.830. The number of benzene rings is 1. The lowest BCUT2D eigenvalue weighted by molar-refractivity contribution is -0.131. The first-order valence-corrected chi connectivity index (χ1v) is 4.63. The highest BCUT2D eigenvalue weighted by Crippen LogP contribution is 2.23. The van der Waals surface area contributed by atoms with Gasteiger partial charge in [0, 0.05) is 10.5 Å². The predicted molar refractivity (Wildman–Crippen MR) is 55.8 cm³/mol. The predicted octanol–water partition coefficient (Wildman–Crippen LogP) is 3.20. The van der Waals surface area contributed by atoms with E-state index >= 15 is 0 Å². The van der Waals surface area contributed by atoms with Gasteiger partial charge < -0.3 is 5.11 Å². The zero-order valence-corrected chi connectivity index (χ0v) is 8.84. The summed E-state index contributed by atoms with van der Waals surface area (Å²) in [4.78, 5) is 10.2. The molecule has 0 saturated carbocycles. The van der Waals surface area contributed by atoms with E-state index in [-0.39, 0.29) is 0 Å². The molecule has 2 nitrogen and oxygen atoms in total. The highest BCUT2D eigenvalue weighted by Gasteiger charge is 1.96. The molecule has 13 heavy (non-hydrogen) atoms. The van der Waals surface area contributed by atoms with Gasteiger partial charge in [0.2, 0.25) is 0 Å². The number of halogens is 2. The van der Waals surface area contributed by atoms with Crippen LogP contribution < -0.4 is 0 Å². The fourth-order valence-corrected chi connectivity index (χ4v) is 1.22. The molecule has 0 heterocycles. The van der Waals surface area contributed by atoms with Crippen molar-refractivity contribution in [1.29, 1.82) is 0 Å². The molecule has 0 atom stereocenters. The van der Waals surface area contributed by atoms with Gasteiger partial charge in [-0.05, 0) is 39.7 Å². The van der Waals surface area contributed by atoms with Crippen LogP contribution in [0.15, 0.2) is 28.7 Å². The zero-order valence-electron chi connectivity index (χ0n) is 6.50. The van der Waals surface area contributed by atoms with E-state index in [0.29, 0.717) is 5.02 Å². The van der Waals surface area contributed by atoms with Crippen LogP contribution in [0.3, 0.4) is 0 Å². The summed E-state index contributed by atoms with van der Waals surface area (Å²) in [6.07, 6.45) is 2.56. The van der Waals surface area contributed by atoms with Crippen LogP contribution in [0.5, 0.6) is 0 Å². The molecular weight excluding hydrogens is 255 g/mol. The molecule has 0 aliphatic carbocycles. The maximum absolute atomic E-state index is 10.2. The first-order chi connectivity index (χ1) is 6.09. The van der Waals surface area contributed by atoms with Crippen LogP contribution in [-0.4, -0.2) is 11.1 Å². The van der Waals surface area contributed by atoms with Crippen LogP contribution in [0, 0.1) is 0 Å². The fourth-order valence-electron chi connectivity index (χ4n) is 0.784. The molecule has 1 aromatic carbocycles. The van der Waals surface area contributed by atoms with Gasteiger partial charge in [0.05, 0.1) is 5.02 Å². The topological polar surface area (TPSA) is 37.3 Å². The van der Waals surface area contributed by atoms with E-state index in [4.69, 9.17) is 16.7 Å². The largest absolute Gasteiger partial charge is 0.478 e. The van der Waals surface area contributed by atoms with Crippen LogP contribution in [0.25, 0.3) is 6.08 Å². The van der Waals surface area contributed by atoms with Gasteiger partial charge in [-0.25, -0.2) is 4.79 Å². The number of hydrogen-bond donors (Lipinski definition) is 1. The Labute approximate surface area is 89.0 Å². The first kappa shape index (κ1) is 10.3. The summed E-state index contributed by atoms with van der Waals surface area (Å²) in [6.45, 7) is 0. The van der Waals surface area contributed by atoms with Crippen molar-refractivity contribution in [2.75, 3.05) is 0 Å². The number of rotatable bonds is 2. The number of aliphatic carboxylic acids is 1. The second-order valence-electron chi connectivity index (χ2n) is 2.35. The van der Waals surface area contributed by atoms with Gasteiger partial charge in [-0.2, -0.15) is 0 Å². The summed E-state index contributed by atoms with van der Waals surface area (Å²) in [5, 5.41) is 8.93. The number of hydrogen-bond acceptors (Lipinski definition) is 1. The number of carboxylic acids is 1. The van der Waals surface area contributed by atoms with Crippen molar-refractivity contribution in [2.45, 2.75) is 0 Å². The zero-order chi connectivity index (χ0) is 9.84. The molecule has 68 valence electrons. The average molecular weight is 262 g/mol. The Morgan fingerprint density at radius 3 is 2.77 bits per heavy atom. The van der Waals surface area contributed by atoms with Crippen LogP contribution in [0.4, 0.5) is 0 Å². The molecule has 0 radical (unpaired) electrons. The standard InChI is InChI=1S/C9H6BrClO2/c10-7-3-1-6(5-8(7)11)2-4-9(12)13/h1-5H,(H,12,13)/b4-2+. The van der Waals surface area contributed by atoms with Gasteiger partial charge in [0.25, 0.3) is 0 Å². The van der Waals surface area contributed by atoms with E-state index in [1.165, 1.54) is 6.08 Å². The van der Waals surface area contributed by atoms with Gasteiger partial charge in [-0.1, -0.05) is 17.7 Å². The number of carboxylic acid groups (broad SMARTS) is 1. The summed E-state index contributed by atoms with van der Waals surface area (Å²) in [6, 6.07) is 5.23. The Bertz CT molecular complexity index is 361. The fraction of sp³-hybridized carbons (Fsp3) is 0. The lowest BCUT2D eigenvalue weighted by Gasteiger charge is -1.96. The van der Waals surface area contributed by atoms with Crippen molar-refractivity contribution in [2.24, 2.45) is 0 Å². The third kappa shape index (κ3) is 3.20. The normalized spacial score (nSPS) is 10.6.